The molecule has 2 aliphatic rings. The first kappa shape index (κ1) is 27.6. The molecule has 1 aromatic carbocycles. The van der Waals surface area contributed by atoms with E-state index in [0.29, 0.717) is 6.42 Å². The minimum Gasteiger partial charge on any atom is -0.352 e. The van der Waals surface area contributed by atoms with Gasteiger partial charge in [0.25, 0.3) is 0 Å². The molecule has 4 amide bonds. The molecule has 5 atom stereocenters. The van der Waals surface area contributed by atoms with Crippen molar-refractivity contribution < 1.29 is 19.2 Å². The second-order valence-electron chi connectivity index (χ2n) is 11.1. The van der Waals surface area contributed by atoms with Gasteiger partial charge in [0.05, 0.1) is 12.1 Å². The molecule has 1 saturated heterocycles. The molecule has 9 nitrogen and oxygen atoms in total. The van der Waals surface area contributed by atoms with Crippen molar-refractivity contribution in [3.05, 3.63) is 35.4 Å². The third-order valence-electron chi connectivity index (χ3n) is 7.21. The van der Waals surface area contributed by atoms with E-state index in [9.17, 15) is 19.2 Å². The normalized spacial score (nSPS) is 23.3. The number of likely N-dealkylation sites (tertiary alicyclic amines) is 1. The Morgan fingerprint density at radius 2 is 1.78 bits per heavy atom. The number of nitrogens with one attached hydrogen (secondary N) is 4. The van der Waals surface area contributed by atoms with Crippen molar-refractivity contribution in [1.82, 2.24) is 26.2 Å². The van der Waals surface area contributed by atoms with Crippen molar-refractivity contribution in [1.29, 1.82) is 0 Å². The van der Waals surface area contributed by atoms with Gasteiger partial charge in [0.15, 0.2) is 0 Å². The minimum absolute atomic E-state index is 0.117. The number of carbonyl (C=O) groups excluding carboxylic acids is 4. The fourth-order valence-corrected chi connectivity index (χ4v) is 5.10. The second kappa shape index (κ2) is 11.4. The van der Waals surface area contributed by atoms with Crippen LogP contribution in [0.4, 0.5) is 0 Å². The summed E-state index contributed by atoms with van der Waals surface area (Å²) >= 11 is 0. The largest absolute Gasteiger partial charge is 0.352 e. The van der Waals surface area contributed by atoms with Crippen molar-refractivity contribution in [2.45, 2.75) is 90.5 Å². The molecule has 1 aromatic rings. The van der Waals surface area contributed by atoms with E-state index in [0.717, 1.165) is 24.8 Å². The van der Waals surface area contributed by atoms with Crippen LogP contribution >= 0.6 is 0 Å². The zero-order valence-electron chi connectivity index (χ0n) is 22.3. The zero-order valence-corrected chi connectivity index (χ0v) is 22.3. The van der Waals surface area contributed by atoms with Gasteiger partial charge in [0.2, 0.25) is 23.6 Å². The lowest BCUT2D eigenvalue weighted by Crippen LogP contribution is -2.59. The predicted molar refractivity (Wildman–Crippen MR) is 138 cm³/mol. The van der Waals surface area contributed by atoms with Gasteiger partial charge in [-0.05, 0) is 56.2 Å². The summed E-state index contributed by atoms with van der Waals surface area (Å²) in [6.45, 7) is 9.01. The van der Waals surface area contributed by atoms with Crippen LogP contribution in [0.15, 0.2) is 24.3 Å². The Labute approximate surface area is 214 Å². The van der Waals surface area contributed by atoms with Gasteiger partial charge in [-0.25, -0.2) is 0 Å². The summed E-state index contributed by atoms with van der Waals surface area (Å²) in [4.78, 5) is 53.5. The summed E-state index contributed by atoms with van der Waals surface area (Å²) in [7, 11) is 1.68. The average molecular weight is 500 g/mol. The molecule has 0 saturated carbocycles. The average Bonchev–Trinajstić information content (AvgIpc) is 3.24. The molecule has 1 aliphatic heterocycles. The SMILES string of the molecule is CN[C@@H](C)C(=O)NC(C(=O)N1C[C@@H](NC(C)=O)C[C@H]1C(=O)N[C@@H]1CCCc2ccccc21)C(C)(C)C. The van der Waals surface area contributed by atoms with Gasteiger partial charge >= 0.3 is 0 Å². The molecule has 36 heavy (non-hydrogen) atoms. The fraction of sp³-hybridized carbons (Fsp3) is 0.630. The molecule has 1 unspecified atom stereocenters. The van der Waals surface area contributed by atoms with E-state index < -0.39 is 23.5 Å². The van der Waals surface area contributed by atoms with Gasteiger partial charge in [0, 0.05) is 19.5 Å². The number of amides is 4. The number of benzene rings is 1. The molecule has 0 spiro atoms. The van der Waals surface area contributed by atoms with Crippen molar-refractivity contribution in [2.24, 2.45) is 5.41 Å². The van der Waals surface area contributed by atoms with Crippen LogP contribution in [0.1, 0.15) is 71.0 Å². The Hall–Kier alpha value is -2.94. The molecule has 198 valence electrons. The van der Waals surface area contributed by atoms with Crippen LogP contribution in [-0.4, -0.2) is 66.3 Å². The summed E-state index contributed by atoms with van der Waals surface area (Å²) in [6, 6.07) is 5.62. The Kier molecular flexibility index (Phi) is 8.76. The molecular weight excluding hydrogens is 458 g/mol. The smallest absolute Gasteiger partial charge is 0.246 e. The second-order valence-corrected chi connectivity index (χ2v) is 11.1. The molecule has 1 aliphatic carbocycles. The molecule has 0 radical (unpaired) electrons. The number of hydrogen-bond acceptors (Lipinski definition) is 5. The van der Waals surface area contributed by atoms with Gasteiger partial charge in [-0.1, -0.05) is 45.0 Å². The highest BCUT2D eigenvalue weighted by Gasteiger charge is 2.45. The fourth-order valence-electron chi connectivity index (χ4n) is 5.10. The van der Waals surface area contributed by atoms with Crippen LogP contribution in [0.25, 0.3) is 0 Å². The van der Waals surface area contributed by atoms with Gasteiger partial charge in [-0.3, -0.25) is 19.2 Å². The first-order valence-corrected chi connectivity index (χ1v) is 12.9. The van der Waals surface area contributed by atoms with E-state index in [1.54, 1.807) is 14.0 Å². The maximum atomic E-state index is 13.9. The van der Waals surface area contributed by atoms with Gasteiger partial charge < -0.3 is 26.2 Å². The highest BCUT2D eigenvalue weighted by atomic mass is 16.2. The van der Waals surface area contributed by atoms with Crippen molar-refractivity contribution in [3.8, 4) is 0 Å². The lowest BCUT2D eigenvalue weighted by atomic mass is 9.85. The summed E-state index contributed by atoms with van der Waals surface area (Å²) in [5.41, 5.74) is 1.77. The molecule has 0 bridgehead atoms. The monoisotopic (exact) mass is 499 g/mol. The molecule has 1 fully saturated rings. The highest BCUT2D eigenvalue weighted by Crippen LogP contribution is 2.31. The topological polar surface area (TPSA) is 120 Å². The van der Waals surface area contributed by atoms with Crippen molar-refractivity contribution >= 4 is 23.6 Å². The number of fused-ring (bicyclic) bond motifs is 1. The summed E-state index contributed by atoms with van der Waals surface area (Å²) < 4.78 is 0. The van der Waals surface area contributed by atoms with Crippen molar-refractivity contribution in [2.75, 3.05) is 13.6 Å². The Bertz CT molecular complexity index is 989. The van der Waals surface area contributed by atoms with Crippen LogP contribution in [-0.2, 0) is 25.6 Å². The number of rotatable bonds is 7. The number of carbonyl (C=O) groups is 4. The highest BCUT2D eigenvalue weighted by molar-refractivity contribution is 5.94. The zero-order chi connectivity index (χ0) is 26.6. The van der Waals surface area contributed by atoms with E-state index in [-0.39, 0.29) is 42.3 Å². The van der Waals surface area contributed by atoms with E-state index in [1.165, 1.54) is 17.4 Å². The Balaban J connectivity index is 1.85. The third kappa shape index (κ3) is 6.43. The molecule has 9 heteroatoms. The third-order valence-corrected chi connectivity index (χ3v) is 7.21. The lowest BCUT2D eigenvalue weighted by Gasteiger charge is -2.36. The first-order chi connectivity index (χ1) is 16.9. The Morgan fingerprint density at radius 1 is 1.08 bits per heavy atom. The Morgan fingerprint density at radius 3 is 2.42 bits per heavy atom. The molecule has 1 heterocycles. The maximum Gasteiger partial charge on any atom is 0.246 e. The van der Waals surface area contributed by atoms with Gasteiger partial charge in [-0.15, -0.1) is 0 Å². The molecule has 0 aromatic heterocycles. The number of nitrogens with zero attached hydrogens (tertiary/aromatic N) is 1. The van der Waals surface area contributed by atoms with Gasteiger partial charge in [0.1, 0.15) is 12.1 Å². The summed E-state index contributed by atoms with van der Waals surface area (Å²) in [5.74, 6) is -1.06. The van der Waals surface area contributed by atoms with Crippen LogP contribution < -0.4 is 21.3 Å². The first-order valence-electron chi connectivity index (χ1n) is 12.9. The maximum absolute atomic E-state index is 13.9. The number of aryl methyl sites for hydroxylation is 1. The van der Waals surface area contributed by atoms with E-state index >= 15 is 0 Å². The predicted octanol–water partition coefficient (Wildman–Crippen LogP) is 1.42. The van der Waals surface area contributed by atoms with Crippen LogP contribution in [0, 0.1) is 5.41 Å². The standard InChI is InChI=1S/C27H41N5O4/c1-16(28-6)24(34)31-23(27(3,4)5)26(36)32-15-19(29-17(2)33)14-22(32)25(35)30-21-13-9-11-18-10-7-8-12-20(18)21/h7-8,10,12,16,19,21-23,28H,9,11,13-15H2,1-6H3,(H,29,33)(H,30,35)(H,31,34)/t16-,19-,21+,22-,23?/m0/s1. The molecular formula is C27H41N5O4. The van der Waals surface area contributed by atoms with E-state index in [1.807, 2.05) is 39.0 Å². The lowest BCUT2D eigenvalue weighted by molar-refractivity contribution is -0.144. The van der Waals surface area contributed by atoms with Crippen LogP contribution in [0.5, 0.6) is 0 Å². The van der Waals surface area contributed by atoms with Crippen molar-refractivity contribution in [3.63, 3.8) is 0 Å². The minimum atomic E-state index is -0.831. The number of hydrogen-bond donors (Lipinski definition) is 4. The summed E-state index contributed by atoms with van der Waals surface area (Å²) in [5, 5.41) is 11.8. The van der Waals surface area contributed by atoms with E-state index in [2.05, 4.69) is 27.3 Å². The van der Waals surface area contributed by atoms with Gasteiger partial charge in [-0.2, -0.15) is 0 Å². The van der Waals surface area contributed by atoms with E-state index in [4.69, 9.17) is 0 Å². The van der Waals surface area contributed by atoms with Crippen LogP contribution in [0.3, 0.4) is 0 Å². The summed E-state index contributed by atoms with van der Waals surface area (Å²) in [6.07, 6.45) is 3.12. The van der Waals surface area contributed by atoms with Crippen LogP contribution in [0.2, 0.25) is 0 Å². The molecule has 4 N–H and O–H groups in total. The quantitative estimate of drug-likeness (QED) is 0.452. The molecule has 3 rings (SSSR count). The number of likely N-dealkylation sites (N-methyl/N-ethyl adjacent to an activating group) is 1.